The first-order chi connectivity index (χ1) is 8.52. The average molecular weight is 275 g/mol. The van der Waals surface area contributed by atoms with Crippen molar-refractivity contribution in [2.75, 3.05) is 11.5 Å². The van der Waals surface area contributed by atoms with Crippen LogP contribution in [0.15, 0.2) is 0 Å². The summed E-state index contributed by atoms with van der Waals surface area (Å²) in [7, 11) is -0.548. The van der Waals surface area contributed by atoms with Gasteiger partial charge in [0.25, 0.3) is 0 Å². The molecule has 0 spiro atoms. The first kappa shape index (κ1) is 18.1. The van der Waals surface area contributed by atoms with Crippen LogP contribution in [0.5, 0.6) is 0 Å². The molecule has 0 radical (unpaired) electrons. The SMILES string of the molecule is CC(C)CCCCCS(=O)CCCCCC(C)C. The smallest absolute Gasteiger partial charge is 0.0234 e. The van der Waals surface area contributed by atoms with Gasteiger partial charge in [0.05, 0.1) is 0 Å². The lowest BCUT2D eigenvalue weighted by molar-refractivity contribution is 0.532. The molecule has 0 aliphatic carbocycles. The van der Waals surface area contributed by atoms with Crippen LogP contribution in [-0.4, -0.2) is 15.7 Å². The first-order valence-electron chi connectivity index (χ1n) is 7.87. The predicted molar refractivity (Wildman–Crippen MR) is 84.5 cm³/mol. The maximum absolute atomic E-state index is 11.7. The van der Waals surface area contributed by atoms with E-state index in [4.69, 9.17) is 0 Å². The Morgan fingerprint density at radius 2 is 1.06 bits per heavy atom. The second kappa shape index (κ2) is 12.2. The quantitative estimate of drug-likeness (QED) is 0.449. The second-order valence-electron chi connectivity index (χ2n) is 6.33. The van der Waals surface area contributed by atoms with Gasteiger partial charge in [-0.25, -0.2) is 0 Å². The molecule has 0 saturated heterocycles. The van der Waals surface area contributed by atoms with Gasteiger partial charge < -0.3 is 0 Å². The van der Waals surface area contributed by atoms with Crippen LogP contribution in [0.3, 0.4) is 0 Å². The topological polar surface area (TPSA) is 17.1 Å². The van der Waals surface area contributed by atoms with Gasteiger partial charge in [0, 0.05) is 22.3 Å². The molecule has 0 aromatic heterocycles. The van der Waals surface area contributed by atoms with E-state index in [1.807, 2.05) is 0 Å². The van der Waals surface area contributed by atoms with Crippen LogP contribution in [0.1, 0.15) is 79.1 Å². The van der Waals surface area contributed by atoms with Crippen molar-refractivity contribution in [3.63, 3.8) is 0 Å². The Kier molecular flexibility index (Phi) is 12.3. The van der Waals surface area contributed by atoms with E-state index in [2.05, 4.69) is 27.7 Å². The van der Waals surface area contributed by atoms with Crippen molar-refractivity contribution in [3.05, 3.63) is 0 Å². The zero-order chi connectivity index (χ0) is 13.8. The summed E-state index contributed by atoms with van der Waals surface area (Å²) in [4.78, 5) is 0. The molecule has 0 atom stereocenters. The van der Waals surface area contributed by atoms with E-state index in [9.17, 15) is 4.21 Å². The fraction of sp³-hybridized carbons (Fsp3) is 1.00. The Balaban J connectivity index is 3.22. The zero-order valence-corrected chi connectivity index (χ0v) is 13.9. The number of hydrogen-bond donors (Lipinski definition) is 0. The lowest BCUT2D eigenvalue weighted by Gasteiger charge is -2.06. The summed E-state index contributed by atoms with van der Waals surface area (Å²) < 4.78 is 11.7. The molecule has 0 amide bonds. The number of unbranched alkanes of at least 4 members (excludes halogenated alkanes) is 4. The lowest BCUT2D eigenvalue weighted by Crippen LogP contribution is -2.03. The molecule has 0 saturated carbocycles. The largest absolute Gasteiger partial charge is 0.260 e. The van der Waals surface area contributed by atoms with Crippen LogP contribution < -0.4 is 0 Å². The molecule has 0 aliphatic rings. The molecule has 0 aliphatic heterocycles. The molecule has 0 heterocycles. The fourth-order valence-corrected chi connectivity index (χ4v) is 3.34. The molecule has 0 unspecified atom stereocenters. The van der Waals surface area contributed by atoms with Gasteiger partial charge in [-0.15, -0.1) is 0 Å². The molecule has 18 heavy (non-hydrogen) atoms. The van der Waals surface area contributed by atoms with Gasteiger partial charge in [0.1, 0.15) is 0 Å². The molecule has 0 bridgehead atoms. The Morgan fingerprint density at radius 3 is 1.39 bits per heavy atom. The highest BCUT2D eigenvalue weighted by Crippen LogP contribution is 2.10. The highest BCUT2D eigenvalue weighted by molar-refractivity contribution is 7.84. The van der Waals surface area contributed by atoms with Crippen molar-refractivity contribution in [3.8, 4) is 0 Å². The lowest BCUT2D eigenvalue weighted by atomic mass is 10.1. The molecule has 0 aromatic rings. The van der Waals surface area contributed by atoms with E-state index in [1.54, 1.807) is 0 Å². The summed E-state index contributed by atoms with van der Waals surface area (Å²) in [5, 5.41) is 0. The van der Waals surface area contributed by atoms with Crippen LogP contribution in [0, 0.1) is 11.8 Å². The normalized spacial score (nSPS) is 11.9. The van der Waals surface area contributed by atoms with Crippen molar-refractivity contribution in [2.24, 2.45) is 11.8 Å². The first-order valence-corrected chi connectivity index (χ1v) is 9.36. The summed E-state index contributed by atoms with van der Waals surface area (Å²) in [6.45, 7) is 9.09. The minimum absolute atomic E-state index is 0.548. The van der Waals surface area contributed by atoms with Crippen LogP contribution >= 0.6 is 0 Å². The average Bonchev–Trinajstić information content (AvgIpc) is 2.27. The fourth-order valence-electron chi connectivity index (χ4n) is 2.09. The van der Waals surface area contributed by atoms with Crippen LogP contribution in [0.2, 0.25) is 0 Å². The minimum Gasteiger partial charge on any atom is -0.260 e. The van der Waals surface area contributed by atoms with Gasteiger partial charge >= 0.3 is 0 Å². The summed E-state index contributed by atoms with van der Waals surface area (Å²) in [5.74, 6) is 3.50. The van der Waals surface area contributed by atoms with E-state index < -0.39 is 10.8 Å². The van der Waals surface area contributed by atoms with Crippen LogP contribution in [-0.2, 0) is 10.8 Å². The van der Waals surface area contributed by atoms with E-state index in [0.717, 1.165) is 36.2 Å². The van der Waals surface area contributed by atoms with Crippen molar-refractivity contribution >= 4 is 10.8 Å². The summed E-state index contributed by atoms with van der Waals surface area (Å²) >= 11 is 0. The van der Waals surface area contributed by atoms with Gasteiger partial charge in [-0.1, -0.05) is 66.2 Å². The van der Waals surface area contributed by atoms with Gasteiger partial charge in [-0.3, -0.25) is 4.21 Å². The highest BCUT2D eigenvalue weighted by Gasteiger charge is 2.01. The Bertz CT molecular complexity index is 179. The summed E-state index contributed by atoms with van der Waals surface area (Å²) in [5.41, 5.74) is 0. The zero-order valence-electron chi connectivity index (χ0n) is 13.0. The van der Waals surface area contributed by atoms with Gasteiger partial charge in [-0.2, -0.15) is 0 Å². The van der Waals surface area contributed by atoms with Gasteiger partial charge in [0.2, 0.25) is 0 Å². The van der Waals surface area contributed by atoms with E-state index in [0.29, 0.717) is 0 Å². The molecule has 2 heteroatoms. The summed E-state index contributed by atoms with van der Waals surface area (Å²) in [6, 6.07) is 0. The number of rotatable bonds is 12. The van der Waals surface area contributed by atoms with Gasteiger partial charge in [-0.05, 0) is 24.7 Å². The van der Waals surface area contributed by atoms with E-state index >= 15 is 0 Å². The molecule has 0 fully saturated rings. The maximum Gasteiger partial charge on any atom is 0.0234 e. The van der Waals surface area contributed by atoms with Crippen LogP contribution in [0.4, 0.5) is 0 Å². The Morgan fingerprint density at radius 1 is 0.667 bits per heavy atom. The molecule has 0 rings (SSSR count). The number of hydrogen-bond acceptors (Lipinski definition) is 1. The third-order valence-electron chi connectivity index (χ3n) is 3.31. The highest BCUT2D eigenvalue weighted by atomic mass is 32.2. The molecule has 1 nitrogen and oxygen atoms in total. The Hall–Kier alpha value is 0.150. The van der Waals surface area contributed by atoms with Gasteiger partial charge in [0.15, 0.2) is 0 Å². The maximum atomic E-state index is 11.7. The molecule has 0 aromatic carbocycles. The molecular weight excluding hydrogens is 240 g/mol. The molecule has 0 N–H and O–H groups in total. The van der Waals surface area contributed by atoms with Crippen molar-refractivity contribution in [1.29, 1.82) is 0 Å². The minimum atomic E-state index is -0.548. The van der Waals surface area contributed by atoms with Crippen molar-refractivity contribution < 1.29 is 4.21 Å². The molecular formula is C16H34OS. The Labute approximate surface area is 118 Å². The van der Waals surface area contributed by atoms with Crippen molar-refractivity contribution in [2.45, 2.75) is 79.1 Å². The third-order valence-corrected chi connectivity index (χ3v) is 4.79. The summed E-state index contributed by atoms with van der Waals surface area (Å²) in [6.07, 6.45) is 10.1. The van der Waals surface area contributed by atoms with Crippen LogP contribution in [0.25, 0.3) is 0 Å². The van der Waals surface area contributed by atoms with E-state index in [1.165, 1.54) is 38.5 Å². The van der Waals surface area contributed by atoms with Crippen molar-refractivity contribution in [1.82, 2.24) is 0 Å². The predicted octanol–water partition coefficient (Wildman–Crippen LogP) is 5.17. The van der Waals surface area contributed by atoms with E-state index in [-0.39, 0.29) is 0 Å². The third kappa shape index (κ3) is 14.2. The molecule has 110 valence electrons. The second-order valence-corrected chi connectivity index (χ2v) is 8.03. The standard InChI is InChI=1S/C16H34OS/c1-15(2)11-7-5-9-13-18(17)14-10-6-8-12-16(3)4/h15-16H,5-14H2,1-4H3. The monoisotopic (exact) mass is 274 g/mol.